The number of ether oxygens (including phenoxy) is 3. The molecule has 0 unspecified atom stereocenters. The van der Waals surface area contributed by atoms with Gasteiger partial charge in [0.25, 0.3) is 5.91 Å². The lowest BCUT2D eigenvalue weighted by Gasteiger charge is -2.22. The summed E-state index contributed by atoms with van der Waals surface area (Å²) in [7, 11) is 4.33. The number of rotatable bonds is 8. The van der Waals surface area contributed by atoms with Crippen LogP contribution in [0.5, 0.6) is 11.5 Å². The Balaban J connectivity index is 1.81. The van der Waals surface area contributed by atoms with Crippen LogP contribution < -0.4 is 19.7 Å². The molecule has 1 atom stereocenters. The second kappa shape index (κ2) is 10.1. The van der Waals surface area contributed by atoms with Crippen molar-refractivity contribution in [2.45, 2.75) is 12.5 Å². The highest BCUT2D eigenvalue weighted by atomic mass is 32.1. The van der Waals surface area contributed by atoms with Crippen LogP contribution in [0, 0.1) is 0 Å². The Bertz CT molecular complexity index is 1010. The van der Waals surface area contributed by atoms with Crippen LogP contribution in [0.4, 0.5) is 11.4 Å². The van der Waals surface area contributed by atoms with Crippen molar-refractivity contribution in [3.63, 3.8) is 0 Å². The summed E-state index contributed by atoms with van der Waals surface area (Å²) in [6, 6.07) is 12.6. The highest BCUT2D eigenvalue weighted by Gasteiger charge is 2.45. The smallest absolute Gasteiger partial charge is 0.325 e. The Hall–Kier alpha value is -3.66. The lowest BCUT2D eigenvalue weighted by Crippen LogP contribution is -2.41. The number of nitrogens with zero attached hydrogens (tertiary/aromatic N) is 2. The molecule has 0 saturated carbocycles. The van der Waals surface area contributed by atoms with Crippen LogP contribution in [-0.2, 0) is 19.1 Å². The fourth-order valence-corrected chi connectivity index (χ4v) is 3.64. The van der Waals surface area contributed by atoms with Crippen LogP contribution in [0.15, 0.2) is 48.5 Å². The van der Waals surface area contributed by atoms with Crippen LogP contribution in [0.1, 0.15) is 6.42 Å². The molecule has 168 valence electrons. The SMILES string of the molecule is COC(=O)CN1C(=S)N(c2ccc(OC)cc2)C(=O)[C@H]1CC(=O)Nc1ccc(OC)cc1. The van der Waals surface area contributed by atoms with Crippen LogP contribution in [0.2, 0.25) is 0 Å². The fraction of sp³-hybridized carbons (Fsp3) is 0.273. The molecule has 2 amide bonds. The number of anilines is 2. The summed E-state index contributed by atoms with van der Waals surface area (Å²) < 4.78 is 15.0. The van der Waals surface area contributed by atoms with Gasteiger partial charge in [-0.05, 0) is 60.7 Å². The molecule has 1 N–H and O–H groups in total. The van der Waals surface area contributed by atoms with Crippen molar-refractivity contribution in [1.29, 1.82) is 0 Å². The highest BCUT2D eigenvalue weighted by molar-refractivity contribution is 7.80. The van der Waals surface area contributed by atoms with Gasteiger partial charge in [-0.1, -0.05) is 0 Å². The first-order valence-electron chi connectivity index (χ1n) is 9.67. The van der Waals surface area contributed by atoms with Crippen molar-refractivity contribution < 1.29 is 28.6 Å². The first-order valence-corrected chi connectivity index (χ1v) is 10.1. The minimum Gasteiger partial charge on any atom is -0.497 e. The van der Waals surface area contributed by atoms with Gasteiger partial charge in [0.2, 0.25) is 5.91 Å². The molecular formula is C22H23N3O6S. The fourth-order valence-electron chi connectivity index (χ4n) is 3.25. The molecule has 2 aromatic rings. The van der Waals surface area contributed by atoms with E-state index in [0.29, 0.717) is 22.9 Å². The number of hydrogen-bond acceptors (Lipinski definition) is 7. The molecule has 0 aliphatic carbocycles. The molecule has 0 radical (unpaired) electrons. The first kappa shape index (κ1) is 23.0. The van der Waals surface area contributed by atoms with Crippen LogP contribution in [0.3, 0.4) is 0 Å². The number of carbonyl (C=O) groups excluding carboxylic acids is 3. The Morgan fingerprint density at radius 1 is 0.969 bits per heavy atom. The Labute approximate surface area is 190 Å². The summed E-state index contributed by atoms with van der Waals surface area (Å²) in [6.45, 7) is -0.256. The molecule has 10 heteroatoms. The van der Waals surface area contributed by atoms with Crippen molar-refractivity contribution in [2.24, 2.45) is 0 Å². The maximum atomic E-state index is 13.2. The maximum Gasteiger partial charge on any atom is 0.325 e. The minimum absolute atomic E-state index is 0.118. The van der Waals surface area contributed by atoms with Gasteiger partial charge in [-0.25, -0.2) is 0 Å². The van der Waals surface area contributed by atoms with Gasteiger partial charge in [-0.15, -0.1) is 0 Å². The zero-order valence-corrected chi connectivity index (χ0v) is 18.7. The topological polar surface area (TPSA) is 97.4 Å². The summed E-state index contributed by atoms with van der Waals surface area (Å²) in [5.41, 5.74) is 1.06. The summed E-state index contributed by atoms with van der Waals surface area (Å²) in [5, 5.41) is 2.86. The van der Waals surface area contributed by atoms with E-state index in [1.165, 1.54) is 24.0 Å². The number of thiocarbonyl (C=S) groups is 1. The molecule has 9 nitrogen and oxygen atoms in total. The molecule has 0 spiro atoms. The van der Waals surface area contributed by atoms with Crippen LogP contribution in [0.25, 0.3) is 0 Å². The summed E-state index contributed by atoms with van der Waals surface area (Å²) >= 11 is 5.48. The quantitative estimate of drug-likeness (QED) is 0.476. The first-order chi connectivity index (χ1) is 15.4. The average molecular weight is 458 g/mol. The molecule has 1 aliphatic rings. The van der Waals surface area contributed by atoms with Gasteiger partial charge in [-0.2, -0.15) is 0 Å². The number of benzene rings is 2. The predicted octanol–water partition coefficient (Wildman–Crippen LogP) is 2.21. The van der Waals surface area contributed by atoms with E-state index in [4.69, 9.17) is 26.4 Å². The Morgan fingerprint density at radius 2 is 1.53 bits per heavy atom. The Morgan fingerprint density at radius 3 is 2.06 bits per heavy atom. The number of amides is 2. The van der Waals surface area contributed by atoms with Crippen LogP contribution in [-0.4, -0.2) is 61.7 Å². The van der Waals surface area contributed by atoms with Crippen molar-refractivity contribution in [1.82, 2.24) is 4.90 Å². The third-order valence-corrected chi connectivity index (χ3v) is 5.35. The normalized spacial score (nSPS) is 15.5. The molecule has 1 heterocycles. The van der Waals surface area contributed by atoms with E-state index in [1.807, 2.05) is 0 Å². The van der Waals surface area contributed by atoms with E-state index in [9.17, 15) is 14.4 Å². The second-order valence-corrected chi connectivity index (χ2v) is 7.22. The molecule has 32 heavy (non-hydrogen) atoms. The number of hydrogen-bond donors (Lipinski definition) is 1. The van der Waals surface area contributed by atoms with E-state index in [0.717, 1.165) is 0 Å². The minimum atomic E-state index is -0.957. The lowest BCUT2D eigenvalue weighted by atomic mass is 10.1. The number of methoxy groups -OCH3 is 3. The highest BCUT2D eigenvalue weighted by Crippen LogP contribution is 2.29. The van der Waals surface area contributed by atoms with Gasteiger partial charge in [-0.3, -0.25) is 19.3 Å². The van der Waals surface area contributed by atoms with E-state index < -0.39 is 23.8 Å². The van der Waals surface area contributed by atoms with Gasteiger partial charge < -0.3 is 24.4 Å². The van der Waals surface area contributed by atoms with Gasteiger partial charge in [0.1, 0.15) is 24.1 Å². The third kappa shape index (κ3) is 4.97. The van der Waals surface area contributed by atoms with Gasteiger partial charge in [0, 0.05) is 5.69 Å². The van der Waals surface area contributed by atoms with E-state index in [2.05, 4.69) is 5.32 Å². The second-order valence-electron chi connectivity index (χ2n) is 6.85. The Kier molecular flexibility index (Phi) is 7.26. The number of nitrogens with one attached hydrogen (secondary N) is 1. The molecule has 1 fully saturated rings. The largest absolute Gasteiger partial charge is 0.497 e. The van der Waals surface area contributed by atoms with Gasteiger partial charge in [0.05, 0.1) is 33.4 Å². The number of carbonyl (C=O) groups is 3. The average Bonchev–Trinajstić information content (AvgIpc) is 3.03. The molecule has 2 aromatic carbocycles. The van der Waals surface area contributed by atoms with Crippen molar-refractivity contribution in [3.05, 3.63) is 48.5 Å². The van der Waals surface area contributed by atoms with Crippen molar-refractivity contribution >= 4 is 46.5 Å². The zero-order chi connectivity index (χ0) is 23.3. The molecule has 0 bridgehead atoms. The molecular weight excluding hydrogens is 434 g/mol. The number of esters is 1. The predicted molar refractivity (Wildman–Crippen MR) is 122 cm³/mol. The third-order valence-electron chi connectivity index (χ3n) is 4.93. The van der Waals surface area contributed by atoms with Crippen molar-refractivity contribution in [2.75, 3.05) is 38.1 Å². The van der Waals surface area contributed by atoms with E-state index in [-0.39, 0.29) is 18.1 Å². The zero-order valence-electron chi connectivity index (χ0n) is 17.9. The monoisotopic (exact) mass is 457 g/mol. The van der Waals surface area contributed by atoms with E-state index in [1.54, 1.807) is 55.6 Å². The molecule has 1 saturated heterocycles. The summed E-state index contributed by atoms with van der Waals surface area (Å²) in [4.78, 5) is 40.6. The standard InChI is InChI=1S/C22H23N3O6S/c1-29-16-8-4-14(5-9-16)23-19(26)12-18-21(28)25(15-6-10-17(30-2)11-7-15)22(32)24(18)13-20(27)31-3/h4-11,18H,12-13H2,1-3H3,(H,23,26)/t18-/m1/s1. The molecule has 3 rings (SSSR count). The van der Waals surface area contributed by atoms with Gasteiger partial charge >= 0.3 is 5.97 Å². The van der Waals surface area contributed by atoms with Crippen LogP contribution >= 0.6 is 12.2 Å². The van der Waals surface area contributed by atoms with Crippen molar-refractivity contribution in [3.8, 4) is 11.5 Å². The molecule has 0 aromatic heterocycles. The lowest BCUT2D eigenvalue weighted by molar-refractivity contribution is -0.141. The van der Waals surface area contributed by atoms with Gasteiger partial charge in [0.15, 0.2) is 5.11 Å². The summed E-state index contributed by atoms with van der Waals surface area (Å²) in [6.07, 6.45) is -0.200. The summed E-state index contributed by atoms with van der Waals surface area (Å²) in [5.74, 6) is -0.110. The molecule has 1 aliphatic heterocycles. The maximum absolute atomic E-state index is 13.2. The van der Waals surface area contributed by atoms with E-state index >= 15 is 0 Å².